The minimum atomic E-state index is 0.865. The lowest BCUT2D eigenvalue weighted by molar-refractivity contribution is 0.774. The molecule has 0 N–H and O–H groups in total. The zero-order chi connectivity index (χ0) is 10.8. The molecule has 2 aromatic heterocycles. The second-order valence-electron chi connectivity index (χ2n) is 3.35. The Bertz CT molecular complexity index is 458. The van der Waals surface area contributed by atoms with Crippen molar-refractivity contribution >= 4 is 11.3 Å². The van der Waals surface area contributed by atoms with Crippen LogP contribution in [-0.2, 0) is 12.8 Å². The average Bonchev–Trinajstić information content (AvgIpc) is 2.82. The summed E-state index contributed by atoms with van der Waals surface area (Å²) in [4.78, 5) is 0. The molecule has 4 nitrogen and oxygen atoms in total. The van der Waals surface area contributed by atoms with E-state index in [0.717, 1.165) is 28.7 Å². The van der Waals surface area contributed by atoms with Gasteiger partial charge in [0.05, 0.1) is 5.69 Å². The molecule has 0 amide bonds. The molecule has 0 aliphatic heterocycles. The van der Waals surface area contributed by atoms with Crippen LogP contribution >= 0.6 is 11.3 Å². The van der Waals surface area contributed by atoms with Crippen LogP contribution < -0.4 is 0 Å². The van der Waals surface area contributed by atoms with Crippen molar-refractivity contribution in [2.24, 2.45) is 0 Å². The van der Waals surface area contributed by atoms with Gasteiger partial charge in [0.15, 0.2) is 0 Å². The summed E-state index contributed by atoms with van der Waals surface area (Å²) in [7, 11) is 0. The van der Waals surface area contributed by atoms with Gasteiger partial charge in [-0.15, -0.1) is 10.2 Å². The lowest BCUT2D eigenvalue weighted by atomic mass is 10.3. The summed E-state index contributed by atoms with van der Waals surface area (Å²) < 4.78 is 1.91. The molecule has 0 radical (unpaired) electrons. The average molecular weight is 222 g/mol. The molecule has 0 saturated carbocycles. The van der Waals surface area contributed by atoms with Crippen molar-refractivity contribution in [1.29, 1.82) is 0 Å². The maximum atomic E-state index is 4.51. The van der Waals surface area contributed by atoms with Crippen LogP contribution in [0.2, 0.25) is 0 Å². The summed E-state index contributed by atoms with van der Waals surface area (Å²) in [6.07, 6.45) is 1.92. The van der Waals surface area contributed by atoms with Gasteiger partial charge in [0.1, 0.15) is 5.01 Å². The monoisotopic (exact) mass is 222 g/mol. The van der Waals surface area contributed by atoms with E-state index in [4.69, 9.17) is 0 Å². The Morgan fingerprint density at radius 1 is 1.27 bits per heavy atom. The van der Waals surface area contributed by atoms with Crippen molar-refractivity contribution in [2.75, 3.05) is 0 Å². The van der Waals surface area contributed by atoms with Gasteiger partial charge in [-0.05, 0) is 25.8 Å². The van der Waals surface area contributed by atoms with E-state index in [2.05, 4.69) is 35.2 Å². The summed E-state index contributed by atoms with van der Waals surface area (Å²) in [5.74, 6) is 0. The maximum absolute atomic E-state index is 4.51. The number of hydrogen-bond acceptors (Lipinski definition) is 4. The van der Waals surface area contributed by atoms with Crippen LogP contribution in [0.25, 0.3) is 5.13 Å². The van der Waals surface area contributed by atoms with Crippen LogP contribution in [0.4, 0.5) is 0 Å². The molecule has 0 aromatic carbocycles. The van der Waals surface area contributed by atoms with E-state index in [0.29, 0.717) is 0 Å². The van der Waals surface area contributed by atoms with Crippen molar-refractivity contribution in [3.63, 3.8) is 0 Å². The van der Waals surface area contributed by atoms with Crippen molar-refractivity contribution < 1.29 is 0 Å². The van der Waals surface area contributed by atoms with E-state index >= 15 is 0 Å². The van der Waals surface area contributed by atoms with Gasteiger partial charge in [0.2, 0.25) is 5.13 Å². The molecular formula is C10H14N4S. The molecule has 2 rings (SSSR count). The molecular weight excluding hydrogens is 208 g/mol. The number of nitrogens with zero attached hydrogens (tertiary/aromatic N) is 4. The highest BCUT2D eigenvalue weighted by Gasteiger charge is 2.10. The normalized spacial score (nSPS) is 10.9. The Labute approximate surface area is 93.0 Å². The van der Waals surface area contributed by atoms with E-state index in [9.17, 15) is 0 Å². The van der Waals surface area contributed by atoms with Crippen molar-refractivity contribution in [3.8, 4) is 5.13 Å². The summed E-state index contributed by atoms with van der Waals surface area (Å²) in [6.45, 7) is 6.19. The highest BCUT2D eigenvalue weighted by Crippen LogP contribution is 2.17. The molecule has 0 spiro atoms. The van der Waals surface area contributed by atoms with Gasteiger partial charge in [0, 0.05) is 5.69 Å². The molecule has 0 aliphatic carbocycles. The summed E-state index contributed by atoms with van der Waals surface area (Å²) in [5, 5.41) is 14.5. The van der Waals surface area contributed by atoms with Crippen molar-refractivity contribution in [2.45, 2.75) is 33.6 Å². The zero-order valence-electron chi connectivity index (χ0n) is 9.19. The third-order valence-corrected chi connectivity index (χ3v) is 3.07. The first-order valence-corrected chi connectivity index (χ1v) is 5.94. The summed E-state index contributed by atoms with van der Waals surface area (Å²) in [5.41, 5.74) is 2.31. The Hall–Kier alpha value is -1.23. The second kappa shape index (κ2) is 4.10. The third-order valence-electron chi connectivity index (χ3n) is 2.25. The Morgan fingerprint density at radius 3 is 2.60 bits per heavy atom. The van der Waals surface area contributed by atoms with Gasteiger partial charge < -0.3 is 0 Å². The van der Waals surface area contributed by atoms with E-state index in [1.165, 1.54) is 5.69 Å². The topological polar surface area (TPSA) is 43.6 Å². The minimum absolute atomic E-state index is 0.865. The summed E-state index contributed by atoms with van der Waals surface area (Å²) >= 11 is 1.57. The zero-order valence-corrected chi connectivity index (χ0v) is 10.0. The van der Waals surface area contributed by atoms with Crippen LogP contribution in [0, 0.1) is 6.92 Å². The molecule has 2 heterocycles. The van der Waals surface area contributed by atoms with Crippen LogP contribution in [-0.4, -0.2) is 20.0 Å². The molecule has 80 valence electrons. The standard InChI is InChI=1S/C10H14N4S/c1-4-8-6-9(5-2)14(13-8)10-12-11-7(3)15-10/h6H,4-5H2,1-3H3. The maximum Gasteiger partial charge on any atom is 0.233 e. The van der Waals surface area contributed by atoms with Crippen LogP contribution in [0.3, 0.4) is 0 Å². The predicted octanol–water partition coefficient (Wildman–Crippen LogP) is 2.16. The number of aromatic nitrogens is 4. The smallest absolute Gasteiger partial charge is 0.209 e. The first kappa shape index (κ1) is 10.3. The van der Waals surface area contributed by atoms with E-state index < -0.39 is 0 Å². The molecule has 15 heavy (non-hydrogen) atoms. The first-order chi connectivity index (χ1) is 7.24. The van der Waals surface area contributed by atoms with Gasteiger partial charge >= 0.3 is 0 Å². The molecule has 0 saturated heterocycles. The Morgan fingerprint density at radius 2 is 2.07 bits per heavy atom. The second-order valence-corrected chi connectivity index (χ2v) is 4.51. The molecule has 2 aromatic rings. The predicted molar refractivity (Wildman–Crippen MR) is 60.5 cm³/mol. The van der Waals surface area contributed by atoms with Gasteiger partial charge in [-0.3, -0.25) is 0 Å². The highest BCUT2D eigenvalue weighted by atomic mass is 32.1. The molecule has 0 aliphatic rings. The fraction of sp³-hybridized carbons (Fsp3) is 0.500. The number of aryl methyl sites for hydroxylation is 3. The van der Waals surface area contributed by atoms with E-state index in [1.807, 2.05) is 11.6 Å². The van der Waals surface area contributed by atoms with E-state index in [-0.39, 0.29) is 0 Å². The van der Waals surface area contributed by atoms with Gasteiger partial charge in [-0.2, -0.15) is 5.10 Å². The molecule has 0 atom stereocenters. The van der Waals surface area contributed by atoms with Crippen LogP contribution in [0.15, 0.2) is 6.07 Å². The van der Waals surface area contributed by atoms with Crippen LogP contribution in [0.1, 0.15) is 30.2 Å². The number of hydrogen-bond donors (Lipinski definition) is 0. The SMILES string of the molecule is CCc1cc(CC)n(-c2nnc(C)s2)n1. The minimum Gasteiger partial charge on any atom is -0.209 e. The van der Waals surface area contributed by atoms with Crippen molar-refractivity contribution in [1.82, 2.24) is 20.0 Å². The van der Waals surface area contributed by atoms with Gasteiger partial charge in [0.25, 0.3) is 0 Å². The van der Waals surface area contributed by atoms with Crippen LogP contribution in [0.5, 0.6) is 0 Å². The molecule has 5 heteroatoms. The van der Waals surface area contributed by atoms with Gasteiger partial charge in [-0.1, -0.05) is 25.2 Å². The van der Waals surface area contributed by atoms with Gasteiger partial charge in [-0.25, -0.2) is 4.68 Å². The van der Waals surface area contributed by atoms with Crippen molar-refractivity contribution in [3.05, 3.63) is 22.5 Å². The quantitative estimate of drug-likeness (QED) is 0.799. The lowest BCUT2D eigenvalue weighted by Gasteiger charge is -1.98. The molecule has 0 bridgehead atoms. The first-order valence-electron chi connectivity index (χ1n) is 5.12. The largest absolute Gasteiger partial charge is 0.233 e. The Kier molecular flexibility index (Phi) is 2.81. The Balaban J connectivity index is 2.46. The third kappa shape index (κ3) is 1.92. The molecule has 0 fully saturated rings. The van der Waals surface area contributed by atoms with E-state index in [1.54, 1.807) is 11.3 Å². The highest BCUT2D eigenvalue weighted by molar-refractivity contribution is 7.13. The molecule has 0 unspecified atom stereocenters. The summed E-state index contributed by atoms with van der Waals surface area (Å²) in [6, 6.07) is 2.14. The lowest BCUT2D eigenvalue weighted by Crippen LogP contribution is -2.00. The number of rotatable bonds is 3. The fourth-order valence-electron chi connectivity index (χ4n) is 1.44. The fourth-order valence-corrected chi connectivity index (χ4v) is 2.11.